The van der Waals surface area contributed by atoms with Gasteiger partial charge in [-0.25, -0.2) is 4.98 Å². The van der Waals surface area contributed by atoms with Crippen LogP contribution in [0.25, 0.3) is 0 Å². The monoisotopic (exact) mass is 276 g/mol. The minimum absolute atomic E-state index is 0.0419. The standard InChI is InChI=1S/C14H20N4O2/c15-14(17-19)10-4-3-7-13(16-10)18-8-9-20-12-6-2-1-5-11(12)18/h3-4,7,11-12,19H,1-2,5-6,8-9H2,(H2,15,17). The molecule has 0 radical (unpaired) electrons. The quantitative estimate of drug-likeness (QED) is 0.368. The van der Waals surface area contributed by atoms with Gasteiger partial charge in [0.15, 0.2) is 5.84 Å². The number of nitrogens with zero attached hydrogens (tertiary/aromatic N) is 3. The van der Waals surface area contributed by atoms with E-state index in [0.29, 0.717) is 17.8 Å². The summed E-state index contributed by atoms with van der Waals surface area (Å²) < 4.78 is 5.87. The number of aromatic nitrogens is 1. The van der Waals surface area contributed by atoms with Crippen molar-refractivity contribution in [3.8, 4) is 0 Å². The van der Waals surface area contributed by atoms with Crippen molar-refractivity contribution in [2.75, 3.05) is 18.1 Å². The first kappa shape index (κ1) is 13.2. The van der Waals surface area contributed by atoms with Crippen LogP contribution >= 0.6 is 0 Å². The molecule has 6 nitrogen and oxygen atoms in total. The fraction of sp³-hybridized carbons (Fsp3) is 0.571. The maximum absolute atomic E-state index is 8.77. The Morgan fingerprint density at radius 3 is 3.10 bits per heavy atom. The minimum Gasteiger partial charge on any atom is -0.409 e. The van der Waals surface area contributed by atoms with Crippen LogP contribution in [-0.2, 0) is 4.74 Å². The van der Waals surface area contributed by atoms with E-state index in [9.17, 15) is 0 Å². The number of oxime groups is 1. The number of hydrogen-bond donors (Lipinski definition) is 2. The van der Waals surface area contributed by atoms with E-state index in [1.807, 2.05) is 12.1 Å². The summed E-state index contributed by atoms with van der Waals surface area (Å²) in [5.41, 5.74) is 6.12. The van der Waals surface area contributed by atoms with Crippen molar-refractivity contribution < 1.29 is 9.94 Å². The average molecular weight is 276 g/mol. The van der Waals surface area contributed by atoms with Gasteiger partial charge < -0.3 is 20.6 Å². The summed E-state index contributed by atoms with van der Waals surface area (Å²) in [7, 11) is 0. The highest BCUT2D eigenvalue weighted by atomic mass is 16.5. The number of hydrogen-bond acceptors (Lipinski definition) is 5. The number of morpholine rings is 1. The van der Waals surface area contributed by atoms with E-state index >= 15 is 0 Å². The lowest BCUT2D eigenvalue weighted by molar-refractivity contribution is -0.00898. The number of fused-ring (bicyclic) bond motifs is 1. The maximum atomic E-state index is 8.77. The second-order valence-corrected chi connectivity index (χ2v) is 5.32. The first-order valence-electron chi connectivity index (χ1n) is 7.13. The molecule has 1 aromatic rings. The molecule has 1 saturated heterocycles. The summed E-state index contributed by atoms with van der Waals surface area (Å²) in [6, 6.07) is 6.01. The van der Waals surface area contributed by atoms with Crippen molar-refractivity contribution in [2.24, 2.45) is 10.9 Å². The normalized spacial score (nSPS) is 27.2. The molecule has 1 aromatic heterocycles. The van der Waals surface area contributed by atoms with Crippen molar-refractivity contribution in [1.29, 1.82) is 0 Å². The van der Waals surface area contributed by atoms with Crippen molar-refractivity contribution in [3.05, 3.63) is 23.9 Å². The molecule has 1 saturated carbocycles. The van der Waals surface area contributed by atoms with Crippen LogP contribution in [-0.4, -0.2) is 41.3 Å². The van der Waals surface area contributed by atoms with Crippen LogP contribution in [0.1, 0.15) is 31.4 Å². The Morgan fingerprint density at radius 1 is 1.40 bits per heavy atom. The lowest BCUT2D eigenvalue weighted by Gasteiger charge is -2.44. The zero-order valence-corrected chi connectivity index (χ0v) is 11.4. The van der Waals surface area contributed by atoms with Gasteiger partial charge in [-0.3, -0.25) is 0 Å². The first-order chi connectivity index (χ1) is 9.79. The molecule has 2 aliphatic rings. The number of rotatable bonds is 2. The zero-order valence-electron chi connectivity index (χ0n) is 11.4. The molecule has 2 heterocycles. The fourth-order valence-corrected chi connectivity index (χ4v) is 3.16. The summed E-state index contributed by atoms with van der Waals surface area (Å²) in [4.78, 5) is 6.82. The largest absolute Gasteiger partial charge is 0.409 e. The van der Waals surface area contributed by atoms with E-state index in [4.69, 9.17) is 15.7 Å². The molecule has 20 heavy (non-hydrogen) atoms. The molecule has 3 rings (SSSR count). The summed E-state index contributed by atoms with van der Waals surface area (Å²) in [5.74, 6) is 0.926. The van der Waals surface area contributed by atoms with Gasteiger partial charge in [-0.2, -0.15) is 0 Å². The van der Waals surface area contributed by atoms with E-state index in [0.717, 1.165) is 31.8 Å². The second-order valence-electron chi connectivity index (χ2n) is 5.32. The van der Waals surface area contributed by atoms with Crippen LogP contribution in [0, 0.1) is 0 Å². The third-order valence-electron chi connectivity index (χ3n) is 4.13. The molecule has 0 bridgehead atoms. The highest BCUT2D eigenvalue weighted by Crippen LogP contribution is 2.31. The van der Waals surface area contributed by atoms with Crippen molar-refractivity contribution in [3.63, 3.8) is 0 Å². The van der Waals surface area contributed by atoms with Gasteiger partial charge in [0.25, 0.3) is 0 Å². The van der Waals surface area contributed by atoms with Gasteiger partial charge in [0.05, 0.1) is 18.8 Å². The Kier molecular flexibility index (Phi) is 3.73. The van der Waals surface area contributed by atoms with Crippen LogP contribution in [0.15, 0.2) is 23.4 Å². The molecular weight excluding hydrogens is 256 g/mol. The SMILES string of the molecule is NC(=NO)c1cccc(N2CCOC3CCCCC32)n1. The zero-order chi connectivity index (χ0) is 13.9. The Hall–Kier alpha value is -1.82. The lowest BCUT2D eigenvalue weighted by Crippen LogP contribution is -2.53. The molecule has 0 aromatic carbocycles. The van der Waals surface area contributed by atoms with E-state index in [2.05, 4.69) is 15.0 Å². The van der Waals surface area contributed by atoms with Crippen molar-refractivity contribution >= 4 is 11.7 Å². The molecular formula is C14H20N4O2. The molecule has 108 valence electrons. The van der Waals surface area contributed by atoms with Crippen molar-refractivity contribution in [1.82, 2.24) is 4.98 Å². The molecule has 1 aliphatic carbocycles. The Bertz CT molecular complexity index is 504. The molecule has 1 aliphatic heterocycles. The topological polar surface area (TPSA) is 84.0 Å². The van der Waals surface area contributed by atoms with Crippen LogP contribution < -0.4 is 10.6 Å². The molecule has 3 N–H and O–H groups in total. The van der Waals surface area contributed by atoms with Crippen molar-refractivity contribution in [2.45, 2.75) is 37.8 Å². The van der Waals surface area contributed by atoms with Gasteiger partial charge in [0.2, 0.25) is 0 Å². The lowest BCUT2D eigenvalue weighted by atomic mass is 9.90. The van der Waals surface area contributed by atoms with E-state index in [1.54, 1.807) is 6.07 Å². The first-order valence-corrected chi connectivity index (χ1v) is 7.13. The Labute approximate surface area is 118 Å². The number of amidine groups is 1. The summed E-state index contributed by atoms with van der Waals surface area (Å²) >= 11 is 0. The number of pyridine rings is 1. The van der Waals surface area contributed by atoms with Gasteiger partial charge in [-0.05, 0) is 25.0 Å². The molecule has 2 atom stereocenters. The fourth-order valence-electron chi connectivity index (χ4n) is 3.16. The number of ether oxygens (including phenoxy) is 1. The highest BCUT2D eigenvalue weighted by Gasteiger charge is 2.34. The van der Waals surface area contributed by atoms with Gasteiger partial charge >= 0.3 is 0 Å². The molecule has 2 unspecified atom stereocenters. The van der Waals surface area contributed by atoms with E-state index in [-0.39, 0.29) is 5.84 Å². The third-order valence-corrected chi connectivity index (χ3v) is 4.13. The minimum atomic E-state index is 0.0419. The second kappa shape index (κ2) is 5.66. The third kappa shape index (κ3) is 2.43. The van der Waals surface area contributed by atoms with Gasteiger partial charge in [0.1, 0.15) is 11.5 Å². The van der Waals surface area contributed by atoms with Crippen LogP contribution in [0.5, 0.6) is 0 Å². The van der Waals surface area contributed by atoms with Gasteiger partial charge in [0, 0.05) is 6.54 Å². The summed E-state index contributed by atoms with van der Waals surface area (Å²) in [6.45, 7) is 1.57. The molecule has 0 amide bonds. The predicted molar refractivity (Wildman–Crippen MR) is 76.1 cm³/mol. The Morgan fingerprint density at radius 2 is 2.25 bits per heavy atom. The summed E-state index contributed by atoms with van der Waals surface area (Å²) in [5, 5.41) is 11.8. The maximum Gasteiger partial charge on any atom is 0.188 e. The van der Waals surface area contributed by atoms with Crippen LogP contribution in [0.4, 0.5) is 5.82 Å². The number of anilines is 1. The molecule has 0 spiro atoms. The smallest absolute Gasteiger partial charge is 0.188 e. The van der Waals surface area contributed by atoms with Crippen LogP contribution in [0.2, 0.25) is 0 Å². The molecule has 6 heteroatoms. The van der Waals surface area contributed by atoms with E-state index < -0.39 is 0 Å². The highest BCUT2D eigenvalue weighted by molar-refractivity contribution is 5.95. The number of nitrogens with two attached hydrogens (primary N) is 1. The summed E-state index contributed by atoms with van der Waals surface area (Å²) in [6.07, 6.45) is 5.06. The van der Waals surface area contributed by atoms with Gasteiger partial charge in [-0.15, -0.1) is 0 Å². The van der Waals surface area contributed by atoms with E-state index in [1.165, 1.54) is 12.8 Å². The Balaban J connectivity index is 1.87. The predicted octanol–water partition coefficient (Wildman–Crippen LogP) is 1.32. The average Bonchev–Trinajstić information content (AvgIpc) is 2.53. The van der Waals surface area contributed by atoms with Gasteiger partial charge in [-0.1, -0.05) is 24.1 Å². The molecule has 2 fully saturated rings. The van der Waals surface area contributed by atoms with Crippen LogP contribution in [0.3, 0.4) is 0 Å².